The van der Waals surface area contributed by atoms with Crippen LogP contribution in [-0.4, -0.2) is 0 Å². The Morgan fingerprint density at radius 2 is 0.938 bits per heavy atom. The van der Waals surface area contributed by atoms with Crippen molar-refractivity contribution in [2.24, 2.45) is 0 Å². The first-order valence-electron chi connectivity index (χ1n) is 6.82. The van der Waals surface area contributed by atoms with Crippen LogP contribution in [0.4, 0.5) is 0 Å². The molecule has 0 nitrogen and oxygen atoms in total. The van der Waals surface area contributed by atoms with E-state index in [1.807, 2.05) is 0 Å². The lowest BCUT2D eigenvalue weighted by molar-refractivity contribution is 0.600. The van der Waals surface area contributed by atoms with E-state index < -0.39 is 0 Å². The van der Waals surface area contributed by atoms with Crippen molar-refractivity contribution in [3.8, 4) is 0 Å². The van der Waals surface area contributed by atoms with E-state index in [9.17, 15) is 0 Å². The van der Waals surface area contributed by atoms with Gasteiger partial charge >= 0.3 is 0 Å². The summed E-state index contributed by atoms with van der Waals surface area (Å²) in [5, 5.41) is 0. The van der Waals surface area contributed by atoms with Gasteiger partial charge in [0, 0.05) is 0 Å². The van der Waals surface area contributed by atoms with Crippen LogP contribution in [0.2, 0.25) is 0 Å². The van der Waals surface area contributed by atoms with Gasteiger partial charge in [0.15, 0.2) is 0 Å². The van der Waals surface area contributed by atoms with Crippen LogP contribution in [0.1, 0.15) is 64.2 Å². The lowest BCUT2D eigenvalue weighted by Crippen LogP contribution is -1.91. The summed E-state index contributed by atoms with van der Waals surface area (Å²) in [5.74, 6) is 0. The number of allylic oxidation sites excluding steroid dienone is 2. The van der Waals surface area contributed by atoms with E-state index >= 15 is 0 Å². The van der Waals surface area contributed by atoms with E-state index in [-0.39, 0.29) is 0 Å². The first-order chi connectivity index (χ1) is 7.95. The van der Waals surface area contributed by atoms with Gasteiger partial charge in [0.05, 0.1) is 0 Å². The number of rotatable bonds is 1. The molecule has 0 heterocycles. The maximum atomic E-state index is 3.42. The Morgan fingerprint density at radius 3 is 1.31 bits per heavy atom. The highest BCUT2D eigenvalue weighted by Gasteiger charge is 2.03. The summed E-state index contributed by atoms with van der Waals surface area (Å²) in [4.78, 5) is 0. The van der Waals surface area contributed by atoms with Crippen LogP contribution in [-0.2, 0) is 0 Å². The molecule has 0 heteroatoms. The van der Waals surface area contributed by atoms with Gasteiger partial charge in [-0.3, -0.25) is 0 Å². The SMILES string of the molecule is C(=CC=C=C1CCCCC1)=C1CCCCC1. The Balaban J connectivity index is 1.93. The zero-order chi connectivity index (χ0) is 11.1. The lowest BCUT2D eigenvalue weighted by Gasteiger charge is -2.10. The summed E-state index contributed by atoms with van der Waals surface area (Å²) in [6, 6.07) is 0. The van der Waals surface area contributed by atoms with Crippen molar-refractivity contribution in [2.45, 2.75) is 64.2 Å². The summed E-state index contributed by atoms with van der Waals surface area (Å²) in [6.45, 7) is 0. The van der Waals surface area contributed by atoms with Gasteiger partial charge in [-0.2, -0.15) is 0 Å². The molecule has 0 radical (unpaired) electrons. The van der Waals surface area contributed by atoms with Crippen LogP contribution in [0, 0.1) is 0 Å². The highest BCUT2D eigenvalue weighted by molar-refractivity contribution is 5.13. The first-order valence-corrected chi connectivity index (χ1v) is 6.82. The summed E-state index contributed by atoms with van der Waals surface area (Å²) >= 11 is 0. The molecule has 0 amide bonds. The van der Waals surface area contributed by atoms with E-state index in [0.717, 1.165) is 0 Å². The quantitative estimate of drug-likeness (QED) is 0.422. The van der Waals surface area contributed by atoms with Crippen LogP contribution in [0.5, 0.6) is 0 Å². The van der Waals surface area contributed by atoms with Crippen molar-refractivity contribution < 1.29 is 0 Å². The molecule has 0 atom stereocenters. The van der Waals surface area contributed by atoms with Crippen LogP contribution in [0.15, 0.2) is 34.8 Å². The molecular formula is C16H22. The minimum Gasteiger partial charge on any atom is -0.121 e. The molecule has 2 saturated carbocycles. The molecular weight excluding hydrogens is 192 g/mol. The smallest absolute Gasteiger partial charge is 0.0123 e. The maximum Gasteiger partial charge on any atom is -0.0123 e. The molecule has 0 saturated heterocycles. The molecule has 0 aromatic heterocycles. The molecule has 16 heavy (non-hydrogen) atoms. The molecule has 0 aliphatic heterocycles. The molecule has 0 unspecified atom stereocenters. The zero-order valence-corrected chi connectivity index (χ0v) is 10.2. The Kier molecular flexibility index (Phi) is 4.74. The van der Waals surface area contributed by atoms with E-state index in [2.05, 4.69) is 23.6 Å². The minimum absolute atomic E-state index is 1.26. The zero-order valence-electron chi connectivity index (χ0n) is 10.2. The first kappa shape index (κ1) is 11.5. The average Bonchev–Trinajstić information content (AvgIpc) is 2.37. The molecule has 86 valence electrons. The van der Waals surface area contributed by atoms with Crippen molar-refractivity contribution in [3.63, 3.8) is 0 Å². The van der Waals surface area contributed by atoms with Crippen molar-refractivity contribution in [3.05, 3.63) is 34.8 Å². The summed E-state index contributed by atoms with van der Waals surface area (Å²) < 4.78 is 0. The van der Waals surface area contributed by atoms with Crippen molar-refractivity contribution in [2.75, 3.05) is 0 Å². The summed E-state index contributed by atoms with van der Waals surface area (Å²) in [5.41, 5.74) is 9.87. The average molecular weight is 214 g/mol. The molecule has 2 rings (SSSR count). The van der Waals surface area contributed by atoms with E-state index in [0.29, 0.717) is 0 Å². The second kappa shape index (κ2) is 6.59. The topological polar surface area (TPSA) is 0 Å². The van der Waals surface area contributed by atoms with Crippen LogP contribution < -0.4 is 0 Å². The molecule has 0 aromatic rings. The Morgan fingerprint density at radius 1 is 0.562 bits per heavy atom. The molecule has 0 bridgehead atoms. The predicted octanol–water partition coefficient (Wildman–Crippen LogP) is 5.08. The third-order valence-corrected chi connectivity index (χ3v) is 3.57. The van der Waals surface area contributed by atoms with Gasteiger partial charge in [-0.25, -0.2) is 0 Å². The van der Waals surface area contributed by atoms with Crippen LogP contribution >= 0.6 is 0 Å². The standard InChI is InChI=1S/C16H22/c1-3-9-15(10-4-1)13-7-8-14-16-11-5-2-6-12-16/h7-8H,1-6,9-12H2. The second-order valence-corrected chi connectivity index (χ2v) is 4.95. The van der Waals surface area contributed by atoms with E-state index in [4.69, 9.17) is 0 Å². The van der Waals surface area contributed by atoms with Gasteiger partial charge in [-0.05, 0) is 74.7 Å². The summed E-state index contributed by atoms with van der Waals surface area (Å²) in [7, 11) is 0. The fourth-order valence-corrected chi connectivity index (χ4v) is 2.56. The van der Waals surface area contributed by atoms with E-state index in [1.54, 1.807) is 0 Å². The van der Waals surface area contributed by atoms with Crippen molar-refractivity contribution in [1.29, 1.82) is 0 Å². The van der Waals surface area contributed by atoms with E-state index in [1.165, 1.54) is 75.4 Å². The highest BCUT2D eigenvalue weighted by Crippen LogP contribution is 2.22. The van der Waals surface area contributed by atoms with Gasteiger partial charge in [-0.15, -0.1) is 11.5 Å². The maximum absolute atomic E-state index is 3.42. The van der Waals surface area contributed by atoms with Crippen LogP contribution in [0.25, 0.3) is 0 Å². The largest absolute Gasteiger partial charge is 0.121 e. The van der Waals surface area contributed by atoms with Crippen molar-refractivity contribution >= 4 is 0 Å². The molecule has 2 aliphatic rings. The molecule has 0 N–H and O–H groups in total. The number of hydrogen-bond donors (Lipinski definition) is 0. The fraction of sp³-hybridized carbons (Fsp3) is 0.625. The Bertz CT molecular complexity index is 292. The normalized spacial score (nSPS) is 21.0. The highest BCUT2D eigenvalue weighted by atomic mass is 14.1. The predicted molar refractivity (Wildman–Crippen MR) is 69.4 cm³/mol. The van der Waals surface area contributed by atoms with Gasteiger partial charge in [0.1, 0.15) is 0 Å². The van der Waals surface area contributed by atoms with Crippen LogP contribution in [0.3, 0.4) is 0 Å². The third-order valence-electron chi connectivity index (χ3n) is 3.57. The minimum atomic E-state index is 1.26. The summed E-state index contributed by atoms with van der Waals surface area (Å²) in [6.07, 6.45) is 17.5. The molecule has 0 aromatic carbocycles. The lowest BCUT2D eigenvalue weighted by atomic mass is 9.95. The molecule has 2 fully saturated rings. The van der Waals surface area contributed by atoms with Gasteiger partial charge in [0.2, 0.25) is 0 Å². The van der Waals surface area contributed by atoms with Gasteiger partial charge < -0.3 is 0 Å². The molecule has 2 aliphatic carbocycles. The third kappa shape index (κ3) is 3.89. The number of hydrogen-bond acceptors (Lipinski definition) is 0. The van der Waals surface area contributed by atoms with Gasteiger partial charge in [-0.1, -0.05) is 12.8 Å². The Hall–Kier alpha value is -0.960. The Labute approximate surface area is 99.4 Å². The van der Waals surface area contributed by atoms with Crippen molar-refractivity contribution in [1.82, 2.24) is 0 Å². The van der Waals surface area contributed by atoms with Gasteiger partial charge in [0.25, 0.3) is 0 Å². The fourth-order valence-electron chi connectivity index (χ4n) is 2.56. The monoisotopic (exact) mass is 214 g/mol. The molecule has 0 spiro atoms. The second-order valence-electron chi connectivity index (χ2n) is 4.95.